The summed E-state index contributed by atoms with van der Waals surface area (Å²) < 4.78 is 16.9. The van der Waals surface area contributed by atoms with Gasteiger partial charge < -0.3 is 14.2 Å². The number of allylic oxidation sites excluding steroid dienone is 10. The standard InChI is InChI=1S/C67H120O6/c1-4-7-10-13-16-19-22-25-28-30-32-33-35-36-39-42-45-48-51-54-57-60-66(69)72-63-64(62-71-65(68)59-56-53-50-47-44-41-38-27-24-21-18-15-12-9-6-3)73-67(70)61-58-55-52-49-46-43-40-37-34-31-29-26-23-20-17-14-11-8-5-2/h17,20,25-26,28-29,34,37,43,46,64H,4-16,18-19,21-24,27,30-33,35-36,38-42,44-45,47-63H2,1-3H3/b20-17-,28-25-,29-26-,37-34-,46-43-/t64-/m0/s1. The second-order valence-electron chi connectivity index (χ2n) is 21.3. The molecule has 1 atom stereocenters. The molecule has 0 N–H and O–H groups in total. The van der Waals surface area contributed by atoms with E-state index in [1.54, 1.807) is 0 Å². The molecule has 0 saturated heterocycles. The van der Waals surface area contributed by atoms with Crippen molar-refractivity contribution < 1.29 is 28.6 Å². The minimum atomic E-state index is -0.790. The summed E-state index contributed by atoms with van der Waals surface area (Å²) in [6.45, 7) is 6.63. The van der Waals surface area contributed by atoms with E-state index in [0.29, 0.717) is 19.3 Å². The molecule has 0 heterocycles. The van der Waals surface area contributed by atoms with Gasteiger partial charge in [0, 0.05) is 19.3 Å². The van der Waals surface area contributed by atoms with E-state index in [4.69, 9.17) is 14.2 Å². The van der Waals surface area contributed by atoms with Gasteiger partial charge in [-0.2, -0.15) is 0 Å². The van der Waals surface area contributed by atoms with E-state index in [-0.39, 0.29) is 31.1 Å². The summed E-state index contributed by atoms with van der Waals surface area (Å²) in [5.74, 6) is -0.898. The third-order valence-electron chi connectivity index (χ3n) is 14.0. The predicted molar refractivity (Wildman–Crippen MR) is 316 cm³/mol. The van der Waals surface area contributed by atoms with Crippen molar-refractivity contribution in [3.05, 3.63) is 60.8 Å². The predicted octanol–water partition coefficient (Wildman–Crippen LogP) is 21.6. The molecule has 424 valence electrons. The van der Waals surface area contributed by atoms with Crippen molar-refractivity contribution in [3.8, 4) is 0 Å². The fourth-order valence-corrected chi connectivity index (χ4v) is 9.19. The molecule has 0 rings (SSSR count). The minimum absolute atomic E-state index is 0.0840. The summed E-state index contributed by atoms with van der Waals surface area (Å²) in [5.41, 5.74) is 0. The molecule has 0 aliphatic carbocycles. The number of unbranched alkanes of at least 4 members (excludes halogenated alkanes) is 37. The van der Waals surface area contributed by atoms with Crippen LogP contribution in [0.2, 0.25) is 0 Å². The Hall–Kier alpha value is -2.89. The van der Waals surface area contributed by atoms with Crippen molar-refractivity contribution in [1.82, 2.24) is 0 Å². The molecular formula is C67H120O6. The highest BCUT2D eigenvalue weighted by Gasteiger charge is 2.19. The lowest BCUT2D eigenvalue weighted by atomic mass is 10.0. The van der Waals surface area contributed by atoms with Crippen molar-refractivity contribution >= 4 is 17.9 Å². The Kier molecular flexibility index (Phi) is 59.2. The fourth-order valence-electron chi connectivity index (χ4n) is 9.19. The highest BCUT2D eigenvalue weighted by atomic mass is 16.6. The molecule has 0 saturated carbocycles. The molecule has 0 radical (unpaired) electrons. The van der Waals surface area contributed by atoms with Gasteiger partial charge in [-0.15, -0.1) is 0 Å². The molecule has 0 aromatic rings. The van der Waals surface area contributed by atoms with Crippen LogP contribution in [0.3, 0.4) is 0 Å². The Balaban J connectivity index is 4.39. The highest BCUT2D eigenvalue weighted by molar-refractivity contribution is 5.71. The van der Waals surface area contributed by atoms with Crippen LogP contribution in [-0.4, -0.2) is 37.2 Å². The van der Waals surface area contributed by atoms with Gasteiger partial charge in [-0.25, -0.2) is 0 Å². The summed E-state index contributed by atoms with van der Waals surface area (Å²) in [5, 5.41) is 0. The summed E-state index contributed by atoms with van der Waals surface area (Å²) >= 11 is 0. The van der Waals surface area contributed by atoms with Gasteiger partial charge in [-0.3, -0.25) is 14.4 Å². The molecule has 6 heteroatoms. The summed E-state index contributed by atoms with van der Waals surface area (Å²) in [7, 11) is 0. The van der Waals surface area contributed by atoms with E-state index in [0.717, 1.165) is 83.5 Å². The molecular weight excluding hydrogens is 901 g/mol. The first-order valence-electron chi connectivity index (χ1n) is 31.8. The second-order valence-corrected chi connectivity index (χ2v) is 21.3. The van der Waals surface area contributed by atoms with E-state index in [9.17, 15) is 14.4 Å². The van der Waals surface area contributed by atoms with Crippen LogP contribution in [0, 0.1) is 0 Å². The Morgan fingerprint density at radius 2 is 0.493 bits per heavy atom. The number of carbonyl (C=O) groups is 3. The zero-order valence-corrected chi connectivity index (χ0v) is 48.7. The van der Waals surface area contributed by atoms with Crippen molar-refractivity contribution in [2.24, 2.45) is 0 Å². The van der Waals surface area contributed by atoms with Crippen molar-refractivity contribution in [2.75, 3.05) is 13.2 Å². The molecule has 0 amide bonds. The Labute approximate surface area is 453 Å². The topological polar surface area (TPSA) is 78.9 Å². The van der Waals surface area contributed by atoms with Crippen LogP contribution >= 0.6 is 0 Å². The second kappa shape index (κ2) is 61.7. The first-order valence-corrected chi connectivity index (χ1v) is 31.8. The first-order chi connectivity index (χ1) is 36.0. The third kappa shape index (κ3) is 59.9. The molecule has 0 unspecified atom stereocenters. The molecule has 0 fully saturated rings. The van der Waals surface area contributed by atoms with Gasteiger partial charge in [-0.05, 0) is 89.9 Å². The van der Waals surface area contributed by atoms with E-state index in [2.05, 4.69) is 81.5 Å². The summed E-state index contributed by atoms with van der Waals surface area (Å²) in [6.07, 6.45) is 77.9. The normalized spacial score (nSPS) is 12.4. The Morgan fingerprint density at radius 3 is 0.822 bits per heavy atom. The average molecular weight is 1020 g/mol. The van der Waals surface area contributed by atoms with Crippen LogP contribution in [0.5, 0.6) is 0 Å². The van der Waals surface area contributed by atoms with E-state index >= 15 is 0 Å². The van der Waals surface area contributed by atoms with Crippen molar-refractivity contribution in [1.29, 1.82) is 0 Å². The molecule has 0 aliphatic heterocycles. The lowest BCUT2D eigenvalue weighted by Gasteiger charge is -2.18. The summed E-state index contributed by atoms with van der Waals surface area (Å²) in [4.78, 5) is 38.3. The first kappa shape index (κ1) is 70.1. The lowest BCUT2D eigenvalue weighted by Crippen LogP contribution is -2.30. The number of esters is 3. The third-order valence-corrected chi connectivity index (χ3v) is 14.0. The average Bonchev–Trinajstić information content (AvgIpc) is 3.39. The quantitative estimate of drug-likeness (QED) is 0.0261. The molecule has 0 aromatic heterocycles. The molecule has 0 bridgehead atoms. The van der Waals surface area contributed by atoms with E-state index in [1.807, 2.05) is 0 Å². The van der Waals surface area contributed by atoms with Gasteiger partial charge in [0.15, 0.2) is 6.10 Å². The SMILES string of the molecule is CCCCC/C=C\C/C=C\C/C=C\C/C=C\CCCCCC(=O)O[C@H](COC(=O)CCCCCCCCCCCCC/C=C\CCCCCCCC)COC(=O)CCCCCCCCCCCCCCCCC. The number of ether oxygens (including phenoxy) is 3. The number of carbonyl (C=O) groups excluding carboxylic acids is 3. The van der Waals surface area contributed by atoms with Crippen LogP contribution in [0.4, 0.5) is 0 Å². The van der Waals surface area contributed by atoms with Crippen LogP contribution in [0.15, 0.2) is 60.8 Å². The maximum atomic E-state index is 12.9. The van der Waals surface area contributed by atoms with Crippen molar-refractivity contribution in [2.45, 2.75) is 335 Å². The molecule has 6 nitrogen and oxygen atoms in total. The maximum Gasteiger partial charge on any atom is 0.306 e. The zero-order valence-electron chi connectivity index (χ0n) is 48.7. The van der Waals surface area contributed by atoms with Crippen LogP contribution < -0.4 is 0 Å². The summed E-state index contributed by atoms with van der Waals surface area (Å²) in [6, 6.07) is 0. The maximum absolute atomic E-state index is 12.9. The molecule has 73 heavy (non-hydrogen) atoms. The highest BCUT2D eigenvalue weighted by Crippen LogP contribution is 2.17. The van der Waals surface area contributed by atoms with Gasteiger partial charge in [-0.1, -0.05) is 281 Å². The lowest BCUT2D eigenvalue weighted by molar-refractivity contribution is -0.167. The zero-order chi connectivity index (χ0) is 52.9. The smallest absolute Gasteiger partial charge is 0.306 e. The molecule has 0 spiro atoms. The largest absolute Gasteiger partial charge is 0.462 e. The minimum Gasteiger partial charge on any atom is -0.462 e. The monoisotopic (exact) mass is 1020 g/mol. The van der Waals surface area contributed by atoms with Crippen molar-refractivity contribution in [3.63, 3.8) is 0 Å². The van der Waals surface area contributed by atoms with Gasteiger partial charge >= 0.3 is 17.9 Å². The van der Waals surface area contributed by atoms with E-state index in [1.165, 1.54) is 205 Å². The van der Waals surface area contributed by atoms with Gasteiger partial charge in [0.2, 0.25) is 0 Å². The Morgan fingerprint density at radius 1 is 0.274 bits per heavy atom. The number of hydrogen-bond acceptors (Lipinski definition) is 6. The van der Waals surface area contributed by atoms with Crippen LogP contribution in [-0.2, 0) is 28.6 Å². The van der Waals surface area contributed by atoms with Crippen LogP contribution in [0.25, 0.3) is 0 Å². The number of hydrogen-bond donors (Lipinski definition) is 0. The van der Waals surface area contributed by atoms with Gasteiger partial charge in [0.05, 0.1) is 0 Å². The van der Waals surface area contributed by atoms with E-state index < -0.39 is 6.10 Å². The molecule has 0 aromatic carbocycles. The van der Waals surface area contributed by atoms with Crippen LogP contribution in [0.1, 0.15) is 329 Å². The van der Waals surface area contributed by atoms with Gasteiger partial charge in [0.25, 0.3) is 0 Å². The molecule has 0 aliphatic rings. The Bertz CT molecular complexity index is 1310. The van der Waals surface area contributed by atoms with Gasteiger partial charge in [0.1, 0.15) is 13.2 Å². The fraction of sp³-hybridized carbons (Fsp3) is 0.806. The number of rotatable bonds is 58.